The first-order chi connectivity index (χ1) is 11.8. The lowest BCUT2D eigenvalue weighted by Crippen LogP contribution is -2.47. The van der Waals surface area contributed by atoms with Gasteiger partial charge in [-0.25, -0.2) is 9.59 Å². The summed E-state index contributed by atoms with van der Waals surface area (Å²) >= 11 is 0. The molecule has 25 heavy (non-hydrogen) atoms. The molecular weight excluding hydrogens is 328 g/mol. The van der Waals surface area contributed by atoms with E-state index >= 15 is 0 Å². The molecule has 2 amide bonds. The number of methoxy groups -OCH3 is 1. The molecule has 1 rings (SSSR count). The predicted octanol–water partition coefficient (Wildman–Crippen LogP) is 0.393. The number of piperazine rings is 1. The first-order valence-electron chi connectivity index (χ1n) is 8.01. The van der Waals surface area contributed by atoms with Crippen LogP contribution in [-0.4, -0.2) is 72.2 Å². The van der Waals surface area contributed by atoms with Gasteiger partial charge in [0.2, 0.25) is 0 Å². The van der Waals surface area contributed by atoms with Gasteiger partial charge in [-0.2, -0.15) is 5.26 Å². The average Bonchev–Trinajstić information content (AvgIpc) is 2.58. The molecule has 9 nitrogen and oxygen atoms in total. The molecule has 1 fully saturated rings. The molecule has 0 aromatic carbocycles. The van der Waals surface area contributed by atoms with Crippen molar-refractivity contribution >= 4 is 18.0 Å². The number of carbonyl (C=O) groups is 3. The van der Waals surface area contributed by atoms with Crippen molar-refractivity contribution in [2.45, 2.75) is 26.3 Å². The smallest absolute Gasteiger partial charge is 0.409 e. The first-order valence-corrected chi connectivity index (χ1v) is 8.01. The van der Waals surface area contributed by atoms with Crippen molar-refractivity contribution in [3.63, 3.8) is 0 Å². The Morgan fingerprint density at radius 3 is 2.32 bits per heavy atom. The van der Waals surface area contributed by atoms with E-state index in [1.54, 1.807) is 11.0 Å². The van der Waals surface area contributed by atoms with E-state index in [9.17, 15) is 24.8 Å². The van der Waals surface area contributed by atoms with Gasteiger partial charge in [-0.3, -0.25) is 4.79 Å². The minimum Gasteiger partial charge on any atom is -0.480 e. The van der Waals surface area contributed by atoms with E-state index < -0.39 is 24.0 Å². The van der Waals surface area contributed by atoms with Crippen LogP contribution >= 0.6 is 0 Å². The maximum atomic E-state index is 12.2. The zero-order chi connectivity index (χ0) is 19.0. The van der Waals surface area contributed by atoms with Gasteiger partial charge in [-0.15, -0.1) is 0 Å². The molecule has 1 aliphatic rings. The maximum absolute atomic E-state index is 12.2. The number of nitrogens with zero attached hydrogens (tertiary/aromatic N) is 3. The van der Waals surface area contributed by atoms with Crippen LogP contribution in [0.4, 0.5) is 4.79 Å². The van der Waals surface area contributed by atoms with Crippen LogP contribution in [0.15, 0.2) is 11.8 Å². The molecule has 9 heteroatoms. The Morgan fingerprint density at radius 2 is 1.88 bits per heavy atom. The Labute approximate surface area is 146 Å². The van der Waals surface area contributed by atoms with Gasteiger partial charge in [0.25, 0.3) is 5.91 Å². The Morgan fingerprint density at radius 1 is 1.28 bits per heavy atom. The molecule has 0 radical (unpaired) electrons. The van der Waals surface area contributed by atoms with Crippen LogP contribution < -0.4 is 5.32 Å². The number of rotatable bonds is 6. The molecule has 1 heterocycles. The normalized spacial score (nSPS) is 16.2. The average molecular weight is 352 g/mol. The molecule has 0 bridgehead atoms. The molecule has 0 spiro atoms. The van der Waals surface area contributed by atoms with Gasteiger partial charge in [0.05, 0.1) is 7.11 Å². The molecule has 0 aromatic heterocycles. The number of carboxylic acids is 1. The van der Waals surface area contributed by atoms with Crippen LogP contribution in [-0.2, 0) is 14.3 Å². The first kappa shape index (κ1) is 20.3. The number of hydrogen-bond acceptors (Lipinski definition) is 6. The second-order valence-electron chi connectivity index (χ2n) is 6.14. The largest absolute Gasteiger partial charge is 0.480 e. The summed E-state index contributed by atoms with van der Waals surface area (Å²) in [5, 5.41) is 20.8. The number of carboxylic acid groups (broad SMARTS) is 1. The van der Waals surface area contributed by atoms with Gasteiger partial charge in [0, 0.05) is 32.4 Å². The highest BCUT2D eigenvalue weighted by Gasteiger charge is 2.24. The third-order valence-electron chi connectivity index (χ3n) is 3.73. The van der Waals surface area contributed by atoms with Crippen molar-refractivity contribution < 1.29 is 24.2 Å². The molecule has 0 aliphatic carbocycles. The minimum absolute atomic E-state index is 0.0855. The fraction of sp³-hybridized carbons (Fsp3) is 0.625. The van der Waals surface area contributed by atoms with E-state index in [1.807, 2.05) is 13.8 Å². The topological polar surface area (TPSA) is 123 Å². The predicted molar refractivity (Wildman–Crippen MR) is 88.3 cm³/mol. The van der Waals surface area contributed by atoms with Crippen LogP contribution in [0.5, 0.6) is 0 Å². The van der Waals surface area contributed by atoms with Crippen LogP contribution in [0.2, 0.25) is 0 Å². The zero-order valence-electron chi connectivity index (χ0n) is 14.7. The monoisotopic (exact) mass is 352 g/mol. The Kier molecular flexibility index (Phi) is 7.72. The lowest BCUT2D eigenvalue weighted by molar-refractivity contribution is -0.141. The third kappa shape index (κ3) is 6.33. The molecule has 138 valence electrons. The van der Waals surface area contributed by atoms with Gasteiger partial charge in [-0.05, 0) is 12.3 Å². The molecule has 1 unspecified atom stereocenters. The van der Waals surface area contributed by atoms with Gasteiger partial charge >= 0.3 is 12.1 Å². The highest BCUT2D eigenvalue weighted by Crippen LogP contribution is 2.09. The summed E-state index contributed by atoms with van der Waals surface area (Å²) in [6.07, 6.45) is 1.26. The number of aliphatic carboxylic acids is 1. The summed E-state index contributed by atoms with van der Waals surface area (Å²) in [6, 6.07) is 0.760. The van der Waals surface area contributed by atoms with Crippen molar-refractivity contribution in [3.8, 4) is 6.07 Å². The Balaban J connectivity index is 2.70. The Bertz CT molecular complexity index is 574. The summed E-state index contributed by atoms with van der Waals surface area (Å²) in [4.78, 5) is 38.1. The van der Waals surface area contributed by atoms with Gasteiger partial charge in [-0.1, -0.05) is 13.8 Å². The molecule has 0 saturated carbocycles. The summed E-state index contributed by atoms with van der Waals surface area (Å²) < 4.78 is 4.64. The van der Waals surface area contributed by atoms with Crippen molar-refractivity contribution in [2.75, 3.05) is 33.3 Å². The fourth-order valence-electron chi connectivity index (χ4n) is 2.41. The molecule has 0 aromatic rings. The van der Waals surface area contributed by atoms with E-state index in [4.69, 9.17) is 0 Å². The van der Waals surface area contributed by atoms with Gasteiger partial charge < -0.3 is 25.0 Å². The lowest BCUT2D eigenvalue weighted by Gasteiger charge is -2.33. The zero-order valence-corrected chi connectivity index (χ0v) is 14.7. The molecule has 1 saturated heterocycles. The van der Waals surface area contributed by atoms with Crippen LogP contribution in [0, 0.1) is 17.2 Å². The van der Waals surface area contributed by atoms with E-state index in [-0.39, 0.29) is 17.9 Å². The van der Waals surface area contributed by atoms with Crippen molar-refractivity contribution in [3.05, 3.63) is 11.8 Å². The number of ether oxygens (including phenoxy) is 1. The number of nitriles is 1. The van der Waals surface area contributed by atoms with E-state index in [0.29, 0.717) is 26.2 Å². The van der Waals surface area contributed by atoms with Crippen LogP contribution in [0.25, 0.3) is 0 Å². The van der Waals surface area contributed by atoms with Crippen LogP contribution in [0.1, 0.15) is 20.3 Å². The summed E-state index contributed by atoms with van der Waals surface area (Å²) in [5.41, 5.74) is -0.165. The summed E-state index contributed by atoms with van der Waals surface area (Å²) in [6.45, 7) is 5.42. The third-order valence-corrected chi connectivity index (χ3v) is 3.73. The Hall–Kier alpha value is -2.76. The second-order valence-corrected chi connectivity index (χ2v) is 6.14. The van der Waals surface area contributed by atoms with Crippen molar-refractivity contribution in [1.29, 1.82) is 5.26 Å². The minimum atomic E-state index is -1.13. The fourth-order valence-corrected chi connectivity index (χ4v) is 2.41. The second kappa shape index (κ2) is 9.52. The van der Waals surface area contributed by atoms with Crippen LogP contribution in [0.3, 0.4) is 0 Å². The number of nitrogens with one attached hydrogen (secondary N) is 1. The number of carbonyl (C=O) groups excluding carboxylic acids is 2. The SMILES string of the molecule is COC(=O)N1CCN(/C=C(/C#N)C(=O)NC(CC(C)C)C(=O)O)CC1. The van der Waals surface area contributed by atoms with E-state index in [1.165, 1.54) is 18.2 Å². The molecule has 1 atom stereocenters. The lowest BCUT2D eigenvalue weighted by atomic mass is 10.0. The molecule has 1 aliphatic heterocycles. The summed E-state index contributed by atoms with van der Waals surface area (Å²) in [5.74, 6) is -1.76. The highest BCUT2D eigenvalue weighted by molar-refractivity contribution is 5.99. The highest BCUT2D eigenvalue weighted by atomic mass is 16.5. The maximum Gasteiger partial charge on any atom is 0.409 e. The standard InChI is InChI=1S/C16H24N4O5/c1-11(2)8-13(15(22)23)18-14(21)12(9-17)10-19-4-6-20(7-5-19)16(24)25-3/h10-11,13H,4-8H2,1-3H3,(H,18,21)(H,22,23)/b12-10-. The summed E-state index contributed by atoms with van der Waals surface area (Å²) in [7, 11) is 1.31. The quantitative estimate of drug-likeness (QED) is 0.524. The van der Waals surface area contributed by atoms with Gasteiger partial charge in [0.15, 0.2) is 0 Å². The van der Waals surface area contributed by atoms with Crippen molar-refractivity contribution in [1.82, 2.24) is 15.1 Å². The molecular formula is C16H24N4O5. The van der Waals surface area contributed by atoms with Gasteiger partial charge in [0.1, 0.15) is 17.7 Å². The van der Waals surface area contributed by atoms with E-state index in [2.05, 4.69) is 10.1 Å². The molecule has 2 N–H and O–H groups in total. The van der Waals surface area contributed by atoms with Crippen molar-refractivity contribution in [2.24, 2.45) is 5.92 Å². The van der Waals surface area contributed by atoms with E-state index in [0.717, 1.165) is 0 Å². The number of hydrogen-bond donors (Lipinski definition) is 2. The number of amides is 2.